The summed E-state index contributed by atoms with van der Waals surface area (Å²) in [6.07, 6.45) is 5.57. The summed E-state index contributed by atoms with van der Waals surface area (Å²) >= 11 is 0. The highest BCUT2D eigenvalue weighted by Gasteiger charge is 2.50. The second kappa shape index (κ2) is 3.70. The van der Waals surface area contributed by atoms with Crippen LogP contribution in [0, 0.1) is 5.92 Å². The Kier molecular flexibility index (Phi) is 2.44. The summed E-state index contributed by atoms with van der Waals surface area (Å²) in [6.45, 7) is 4.25. The van der Waals surface area contributed by atoms with E-state index in [-0.39, 0.29) is 5.54 Å². The third kappa shape index (κ3) is 1.74. The molecule has 3 aliphatic rings. The van der Waals surface area contributed by atoms with E-state index in [0.29, 0.717) is 18.4 Å². The Morgan fingerprint density at radius 1 is 1.38 bits per heavy atom. The molecule has 3 rings (SSSR count). The topological polar surface area (TPSA) is 44.4 Å². The molecular weight excluding hydrogens is 202 g/mol. The lowest BCUT2D eigenvalue weighted by atomic mass is 9.94. The molecule has 1 saturated carbocycles. The fourth-order valence-electron chi connectivity index (χ4n) is 3.08. The third-order valence-electron chi connectivity index (χ3n) is 4.28. The largest absolute Gasteiger partial charge is 0.315 e. The summed E-state index contributed by atoms with van der Waals surface area (Å²) in [6, 6.07) is 0.363. The van der Waals surface area contributed by atoms with Crippen LogP contribution < -0.4 is 10.7 Å². The zero-order chi connectivity index (χ0) is 11.2. The molecule has 2 heterocycles. The first kappa shape index (κ1) is 10.5. The van der Waals surface area contributed by atoms with Crippen molar-refractivity contribution in [3.05, 3.63) is 0 Å². The van der Waals surface area contributed by atoms with E-state index < -0.39 is 0 Å². The van der Waals surface area contributed by atoms with Crippen molar-refractivity contribution in [1.29, 1.82) is 0 Å². The van der Waals surface area contributed by atoms with Crippen LogP contribution in [0.25, 0.3) is 0 Å². The Balaban J connectivity index is 1.69. The van der Waals surface area contributed by atoms with Gasteiger partial charge in [-0.3, -0.25) is 9.80 Å². The zero-order valence-corrected chi connectivity index (χ0v) is 9.96. The molecule has 1 amide bonds. The van der Waals surface area contributed by atoms with E-state index in [9.17, 15) is 4.79 Å². The van der Waals surface area contributed by atoms with E-state index in [0.717, 1.165) is 25.4 Å². The second-order valence-electron chi connectivity index (χ2n) is 5.74. The molecule has 1 aliphatic carbocycles. The van der Waals surface area contributed by atoms with Crippen LogP contribution in [0.15, 0.2) is 0 Å². The lowest BCUT2D eigenvalue weighted by Crippen LogP contribution is -2.54. The molecule has 0 radical (unpaired) electrons. The molecule has 4 heteroatoms. The van der Waals surface area contributed by atoms with Crippen LogP contribution in [0.4, 0.5) is 0 Å². The molecule has 4 nitrogen and oxygen atoms in total. The average Bonchev–Trinajstić information content (AvgIpc) is 3.08. The number of hydrogen-bond donors (Lipinski definition) is 2. The summed E-state index contributed by atoms with van der Waals surface area (Å²) in [5, 5.41) is 5.29. The summed E-state index contributed by atoms with van der Waals surface area (Å²) in [5.74, 6) is 1.01. The number of hydrogen-bond acceptors (Lipinski definition) is 3. The first-order valence-corrected chi connectivity index (χ1v) is 6.50. The van der Waals surface area contributed by atoms with Crippen LogP contribution in [0.2, 0.25) is 0 Å². The number of piperidine rings is 1. The highest BCUT2D eigenvalue weighted by atomic mass is 16.2. The van der Waals surface area contributed by atoms with Crippen LogP contribution in [-0.4, -0.2) is 35.6 Å². The SMILES string of the molecule is CC1(C2CC2)CC(=O)N(C2CCCNC2)N1. The summed E-state index contributed by atoms with van der Waals surface area (Å²) in [5.41, 5.74) is 3.54. The normalized spacial score (nSPS) is 40.4. The third-order valence-corrected chi connectivity index (χ3v) is 4.28. The zero-order valence-electron chi connectivity index (χ0n) is 9.96. The Bertz CT molecular complexity index is 297. The maximum absolute atomic E-state index is 12.1. The number of rotatable bonds is 2. The van der Waals surface area contributed by atoms with Crippen LogP contribution in [-0.2, 0) is 4.79 Å². The predicted octanol–water partition coefficient (Wildman–Crippen LogP) is 0.644. The molecule has 0 bridgehead atoms. The lowest BCUT2D eigenvalue weighted by Gasteiger charge is -2.34. The van der Waals surface area contributed by atoms with Crippen molar-refractivity contribution >= 4 is 5.91 Å². The fraction of sp³-hybridized carbons (Fsp3) is 0.917. The van der Waals surface area contributed by atoms with Gasteiger partial charge in [0.05, 0.1) is 6.04 Å². The summed E-state index contributed by atoms with van der Waals surface area (Å²) in [4.78, 5) is 12.1. The highest BCUT2D eigenvalue weighted by Crippen LogP contribution is 2.44. The van der Waals surface area contributed by atoms with Crippen molar-refractivity contribution in [2.75, 3.05) is 13.1 Å². The van der Waals surface area contributed by atoms with Gasteiger partial charge in [0, 0.05) is 18.5 Å². The Hall–Kier alpha value is -0.610. The molecule has 90 valence electrons. The molecule has 2 unspecified atom stereocenters. The molecular formula is C12H21N3O. The number of carbonyl (C=O) groups is 1. The molecule has 2 atom stereocenters. The van der Waals surface area contributed by atoms with E-state index in [1.807, 2.05) is 5.01 Å². The first-order chi connectivity index (χ1) is 7.69. The van der Waals surface area contributed by atoms with Gasteiger partial charge >= 0.3 is 0 Å². The van der Waals surface area contributed by atoms with Gasteiger partial charge in [-0.25, -0.2) is 5.43 Å². The predicted molar refractivity (Wildman–Crippen MR) is 61.6 cm³/mol. The van der Waals surface area contributed by atoms with Crippen LogP contribution >= 0.6 is 0 Å². The van der Waals surface area contributed by atoms with E-state index >= 15 is 0 Å². The van der Waals surface area contributed by atoms with E-state index in [1.165, 1.54) is 19.3 Å². The Morgan fingerprint density at radius 3 is 2.81 bits per heavy atom. The molecule has 0 aromatic rings. The van der Waals surface area contributed by atoms with Gasteiger partial charge in [0.25, 0.3) is 0 Å². The second-order valence-corrected chi connectivity index (χ2v) is 5.74. The molecule has 0 aromatic carbocycles. The van der Waals surface area contributed by atoms with Crippen molar-refractivity contribution in [3.63, 3.8) is 0 Å². The number of carbonyl (C=O) groups excluding carboxylic acids is 1. The van der Waals surface area contributed by atoms with Crippen molar-refractivity contribution in [3.8, 4) is 0 Å². The van der Waals surface area contributed by atoms with Crippen molar-refractivity contribution < 1.29 is 4.79 Å². The van der Waals surface area contributed by atoms with Crippen molar-refractivity contribution in [1.82, 2.24) is 15.8 Å². The summed E-state index contributed by atoms with van der Waals surface area (Å²) < 4.78 is 0. The van der Waals surface area contributed by atoms with Gasteiger partial charge in [-0.2, -0.15) is 0 Å². The quantitative estimate of drug-likeness (QED) is 0.722. The van der Waals surface area contributed by atoms with E-state index in [2.05, 4.69) is 17.7 Å². The van der Waals surface area contributed by atoms with E-state index in [4.69, 9.17) is 0 Å². The number of nitrogens with one attached hydrogen (secondary N) is 2. The molecule has 0 aromatic heterocycles. The number of amides is 1. The van der Waals surface area contributed by atoms with Crippen molar-refractivity contribution in [2.45, 2.75) is 50.6 Å². The number of nitrogens with zero attached hydrogens (tertiary/aromatic N) is 1. The Morgan fingerprint density at radius 2 is 2.19 bits per heavy atom. The summed E-state index contributed by atoms with van der Waals surface area (Å²) in [7, 11) is 0. The van der Waals surface area contributed by atoms with Gasteiger partial charge in [-0.15, -0.1) is 0 Å². The molecule has 0 spiro atoms. The maximum atomic E-state index is 12.1. The first-order valence-electron chi connectivity index (χ1n) is 6.50. The Labute approximate surface area is 96.7 Å². The van der Waals surface area contributed by atoms with E-state index in [1.54, 1.807) is 0 Å². The lowest BCUT2D eigenvalue weighted by molar-refractivity contribution is -0.132. The van der Waals surface area contributed by atoms with Crippen LogP contribution in [0.5, 0.6) is 0 Å². The minimum absolute atomic E-state index is 0.0501. The molecule has 2 aliphatic heterocycles. The monoisotopic (exact) mass is 223 g/mol. The minimum Gasteiger partial charge on any atom is -0.315 e. The minimum atomic E-state index is 0.0501. The molecule has 16 heavy (non-hydrogen) atoms. The fourth-order valence-corrected chi connectivity index (χ4v) is 3.08. The van der Waals surface area contributed by atoms with Gasteiger partial charge in [0.2, 0.25) is 5.91 Å². The van der Waals surface area contributed by atoms with Crippen molar-refractivity contribution in [2.24, 2.45) is 5.92 Å². The molecule has 2 N–H and O–H groups in total. The highest BCUT2D eigenvalue weighted by molar-refractivity contribution is 5.79. The molecule has 3 fully saturated rings. The standard InChI is InChI=1S/C12H21N3O/c1-12(9-4-5-9)7-11(16)15(14-12)10-3-2-6-13-8-10/h9-10,13-14H,2-8H2,1H3. The van der Waals surface area contributed by atoms with Gasteiger partial charge in [-0.1, -0.05) is 0 Å². The van der Waals surface area contributed by atoms with Gasteiger partial charge < -0.3 is 5.32 Å². The van der Waals surface area contributed by atoms with Gasteiger partial charge in [0.15, 0.2) is 0 Å². The maximum Gasteiger partial charge on any atom is 0.238 e. The smallest absolute Gasteiger partial charge is 0.238 e. The van der Waals surface area contributed by atoms with Crippen LogP contribution in [0.1, 0.15) is 39.0 Å². The van der Waals surface area contributed by atoms with Crippen LogP contribution in [0.3, 0.4) is 0 Å². The van der Waals surface area contributed by atoms with Gasteiger partial charge in [-0.05, 0) is 45.1 Å². The molecule has 2 saturated heterocycles. The average molecular weight is 223 g/mol. The number of hydrazine groups is 1. The van der Waals surface area contributed by atoms with Gasteiger partial charge in [0.1, 0.15) is 0 Å².